The number of rotatable bonds is 7. The van der Waals surface area contributed by atoms with E-state index in [2.05, 4.69) is 5.32 Å². The van der Waals surface area contributed by atoms with Crippen molar-refractivity contribution in [1.82, 2.24) is 0 Å². The maximum Gasteiger partial charge on any atom is 0.266 e. The van der Waals surface area contributed by atoms with Crippen LogP contribution in [0, 0.1) is 23.0 Å². The van der Waals surface area contributed by atoms with E-state index >= 15 is 0 Å². The van der Waals surface area contributed by atoms with Gasteiger partial charge in [-0.05, 0) is 66.6 Å². The van der Waals surface area contributed by atoms with Gasteiger partial charge in [-0.3, -0.25) is 4.79 Å². The van der Waals surface area contributed by atoms with Crippen LogP contribution in [0.3, 0.4) is 0 Å². The van der Waals surface area contributed by atoms with Crippen molar-refractivity contribution in [3.05, 3.63) is 99.6 Å². The van der Waals surface area contributed by atoms with Crippen LogP contribution in [0.25, 0.3) is 6.08 Å². The summed E-state index contributed by atoms with van der Waals surface area (Å²) < 4.78 is 32.9. The number of nitrogens with one attached hydrogen (secondary N) is 1. The van der Waals surface area contributed by atoms with Crippen LogP contribution in [0.1, 0.15) is 23.6 Å². The quantitative estimate of drug-likeness (QED) is 0.345. The van der Waals surface area contributed by atoms with Crippen LogP contribution < -0.4 is 10.1 Å². The Kier molecular flexibility index (Phi) is 7.58. The van der Waals surface area contributed by atoms with Crippen LogP contribution >= 0.6 is 11.6 Å². The van der Waals surface area contributed by atoms with Gasteiger partial charge >= 0.3 is 0 Å². The number of carbonyl (C=O) groups is 1. The third kappa shape index (κ3) is 5.71. The van der Waals surface area contributed by atoms with Crippen molar-refractivity contribution in [2.45, 2.75) is 13.3 Å². The highest BCUT2D eigenvalue weighted by atomic mass is 35.5. The number of halogens is 3. The zero-order chi connectivity index (χ0) is 23.1. The van der Waals surface area contributed by atoms with Crippen molar-refractivity contribution in [2.75, 3.05) is 11.9 Å². The summed E-state index contributed by atoms with van der Waals surface area (Å²) in [4.78, 5) is 12.5. The molecule has 0 fully saturated rings. The van der Waals surface area contributed by atoms with Crippen molar-refractivity contribution in [3.8, 4) is 11.8 Å². The fourth-order valence-electron chi connectivity index (χ4n) is 3.05. The van der Waals surface area contributed by atoms with Gasteiger partial charge in [-0.15, -0.1) is 0 Å². The third-order valence-electron chi connectivity index (χ3n) is 4.58. The van der Waals surface area contributed by atoms with E-state index in [4.69, 9.17) is 16.3 Å². The van der Waals surface area contributed by atoms with Gasteiger partial charge in [-0.1, -0.05) is 29.8 Å². The van der Waals surface area contributed by atoms with Crippen molar-refractivity contribution >= 4 is 29.3 Å². The lowest BCUT2D eigenvalue weighted by Gasteiger charge is -2.14. The van der Waals surface area contributed by atoms with Gasteiger partial charge in [-0.25, -0.2) is 8.78 Å². The number of nitrogens with zero attached hydrogens (tertiary/aromatic N) is 1. The molecule has 0 aliphatic carbocycles. The first-order chi connectivity index (χ1) is 15.4. The molecular formula is C25H19ClF2N2O2. The molecule has 0 saturated heterocycles. The van der Waals surface area contributed by atoms with E-state index < -0.39 is 11.7 Å². The maximum atomic E-state index is 14.1. The minimum atomic E-state index is -0.649. The van der Waals surface area contributed by atoms with E-state index in [1.54, 1.807) is 37.3 Å². The summed E-state index contributed by atoms with van der Waals surface area (Å²) in [5.41, 5.74) is 1.72. The number of amides is 1. The highest BCUT2D eigenvalue weighted by molar-refractivity contribution is 6.31. The Morgan fingerprint density at radius 2 is 1.88 bits per heavy atom. The van der Waals surface area contributed by atoms with Crippen LogP contribution in [0.4, 0.5) is 14.5 Å². The summed E-state index contributed by atoms with van der Waals surface area (Å²) in [6.07, 6.45) is 1.60. The number of nitriles is 1. The lowest BCUT2D eigenvalue weighted by molar-refractivity contribution is -0.112. The molecule has 1 N–H and O–H groups in total. The molecule has 0 aliphatic heterocycles. The summed E-state index contributed by atoms with van der Waals surface area (Å²) in [5.74, 6) is -0.999. The molecule has 0 heterocycles. The van der Waals surface area contributed by atoms with Crippen LogP contribution in [-0.2, 0) is 11.2 Å². The van der Waals surface area contributed by atoms with Gasteiger partial charge in [0.2, 0.25) is 0 Å². The summed E-state index contributed by atoms with van der Waals surface area (Å²) in [5, 5.41) is 12.3. The van der Waals surface area contributed by atoms with Gasteiger partial charge in [0, 0.05) is 22.7 Å². The highest BCUT2D eigenvalue weighted by Crippen LogP contribution is 2.32. The minimum absolute atomic E-state index is 0.172. The monoisotopic (exact) mass is 452 g/mol. The van der Waals surface area contributed by atoms with E-state index in [-0.39, 0.29) is 17.8 Å². The fraction of sp³-hybridized carbons (Fsp3) is 0.120. The Hall–Kier alpha value is -3.69. The van der Waals surface area contributed by atoms with Crippen LogP contribution in [0.5, 0.6) is 5.75 Å². The Morgan fingerprint density at radius 3 is 2.53 bits per heavy atom. The molecule has 32 heavy (non-hydrogen) atoms. The van der Waals surface area contributed by atoms with E-state index in [9.17, 15) is 18.8 Å². The van der Waals surface area contributed by atoms with Gasteiger partial charge < -0.3 is 10.1 Å². The Balaban J connectivity index is 1.91. The molecule has 0 aromatic heterocycles. The topological polar surface area (TPSA) is 62.1 Å². The average Bonchev–Trinajstić information content (AvgIpc) is 2.77. The normalized spacial score (nSPS) is 11.0. The Labute approximate surface area is 189 Å². The second kappa shape index (κ2) is 10.6. The summed E-state index contributed by atoms with van der Waals surface area (Å²) >= 11 is 6.47. The van der Waals surface area contributed by atoms with Gasteiger partial charge in [0.1, 0.15) is 29.0 Å². The standard InChI is InChI=1S/C25H19ClF2N2O2/c1-2-32-24-13-16(12-22(26)21(24)14-17-5-3-4-6-23(17)28)11-18(15-29)25(31)30-20-9-7-19(27)8-10-20/h3-13H,2,14H2,1H3,(H,30,31)/b18-11+. The van der Waals surface area contributed by atoms with Crippen LogP contribution in [0.15, 0.2) is 66.2 Å². The van der Waals surface area contributed by atoms with Crippen molar-refractivity contribution < 1.29 is 18.3 Å². The lowest BCUT2D eigenvalue weighted by atomic mass is 10.0. The van der Waals surface area contributed by atoms with E-state index in [1.807, 2.05) is 6.07 Å². The number of hydrogen-bond donors (Lipinski definition) is 1. The molecule has 0 saturated carbocycles. The predicted molar refractivity (Wildman–Crippen MR) is 120 cm³/mol. The molecule has 1 amide bonds. The smallest absolute Gasteiger partial charge is 0.266 e. The number of carbonyl (C=O) groups excluding carboxylic acids is 1. The molecule has 4 nitrogen and oxygen atoms in total. The molecule has 162 valence electrons. The zero-order valence-electron chi connectivity index (χ0n) is 17.2. The molecule has 0 radical (unpaired) electrons. The van der Waals surface area contributed by atoms with Crippen LogP contribution in [0.2, 0.25) is 5.02 Å². The molecule has 0 atom stereocenters. The second-order valence-corrected chi connectivity index (χ2v) is 7.22. The highest BCUT2D eigenvalue weighted by Gasteiger charge is 2.15. The molecule has 3 aromatic carbocycles. The molecule has 7 heteroatoms. The van der Waals surface area contributed by atoms with Crippen molar-refractivity contribution in [3.63, 3.8) is 0 Å². The number of anilines is 1. The SMILES string of the molecule is CCOc1cc(/C=C(\C#N)C(=O)Nc2ccc(F)cc2)cc(Cl)c1Cc1ccccc1F. The first-order valence-electron chi connectivity index (χ1n) is 9.78. The second-order valence-electron chi connectivity index (χ2n) is 6.81. The predicted octanol–water partition coefficient (Wildman–Crippen LogP) is 6.15. The van der Waals surface area contributed by atoms with Gasteiger partial charge in [0.05, 0.1) is 6.61 Å². The molecule has 3 rings (SSSR count). The Bertz CT molecular complexity index is 1200. The molecule has 3 aromatic rings. The summed E-state index contributed by atoms with van der Waals surface area (Å²) in [6, 6.07) is 16.7. The number of ether oxygens (including phenoxy) is 1. The lowest BCUT2D eigenvalue weighted by Crippen LogP contribution is -2.13. The molecular weight excluding hydrogens is 434 g/mol. The van der Waals surface area contributed by atoms with Gasteiger partial charge in [0.25, 0.3) is 5.91 Å². The average molecular weight is 453 g/mol. The molecule has 0 aliphatic rings. The number of hydrogen-bond acceptors (Lipinski definition) is 3. The zero-order valence-corrected chi connectivity index (χ0v) is 17.9. The first kappa shape index (κ1) is 23.0. The third-order valence-corrected chi connectivity index (χ3v) is 4.92. The number of benzene rings is 3. The van der Waals surface area contributed by atoms with E-state index in [1.165, 1.54) is 36.4 Å². The molecule has 0 bridgehead atoms. The van der Waals surface area contributed by atoms with Gasteiger partial charge in [-0.2, -0.15) is 5.26 Å². The van der Waals surface area contributed by atoms with Crippen LogP contribution in [-0.4, -0.2) is 12.5 Å². The molecule has 0 spiro atoms. The largest absolute Gasteiger partial charge is 0.494 e. The van der Waals surface area contributed by atoms with E-state index in [0.717, 1.165) is 0 Å². The summed E-state index contributed by atoms with van der Waals surface area (Å²) in [6.45, 7) is 2.16. The maximum absolute atomic E-state index is 14.1. The van der Waals surface area contributed by atoms with Crippen molar-refractivity contribution in [1.29, 1.82) is 5.26 Å². The Morgan fingerprint density at radius 1 is 1.16 bits per heavy atom. The van der Waals surface area contributed by atoms with Crippen molar-refractivity contribution in [2.24, 2.45) is 0 Å². The summed E-state index contributed by atoms with van der Waals surface area (Å²) in [7, 11) is 0. The van der Waals surface area contributed by atoms with E-state index in [0.29, 0.717) is 39.8 Å². The minimum Gasteiger partial charge on any atom is -0.494 e. The molecule has 0 unspecified atom stereocenters. The van der Waals surface area contributed by atoms with Gasteiger partial charge in [0.15, 0.2) is 0 Å². The first-order valence-corrected chi connectivity index (χ1v) is 10.2. The fourth-order valence-corrected chi connectivity index (χ4v) is 3.34.